The topological polar surface area (TPSA) is 133 Å². The highest BCUT2D eigenvalue weighted by atomic mass is 32.2. The number of allylic oxidation sites excluding steroid dienone is 2. The number of carbonyl (C=O) groups excluding carboxylic acids is 2. The number of sulfonamides is 1. The Hall–Kier alpha value is -3.14. The van der Waals surface area contributed by atoms with Gasteiger partial charge >= 0.3 is 5.97 Å². The first kappa shape index (κ1) is 28.1. The van der Waals surface area contributed by atoms with Crippen molar-refractivity contribution < 1.29 is 27.9 Å². The molecular formula is C25H35N3O6S. The molecule has 9 nitrogen and oxygen atoms in total. The van der Waals surface area contributed by atoms with Crippen molar-refractivity contribution in [3.8, 4) is 0 Å². The van der Waals surface area contributed by atoms with E-state index in [1.807, 2.05) is 27.7 Å². The molecule has 1 aromatic carbocycles. The van der Waals surface area contributed by atoms with E-state index < -0.39 is 21.9 Å². The van der Waals surface area contributed by atoms with E-state index >= 15 is 0 Å². The molecule has 0 radical (unpaired) electrons. The van der Waals surface area contributed by atoms with Crippen LogP contribution in [0, 0.1) is 5.41 Å². The van der Waals surface area contributed by atoms with E-state index in [0.717, 1.165) is 18.4 Å². The molecule has 35 heavy (non-hydrogen) atoms. The first-order valence-electron chi connectivity index (χ1n) is 11.6. The average molecular weight is 506 g/mol. The molecular weight excluding hydrogens is 470 g/mol. The minimum Gasteiger partial charge on any atom is -0.477 e. The second kappa shape index (κ2) is 12.0. The van der Waals surface area contributed by atoms with Gasteiger partial charge in [-0.05, 0) is 48.1 Å². The highest BCUT2D eigenvalue weighted by Crippen LogP contribution is 2.23. The molecule has 1 heterocycles. The lowest BCUT2D eigenvalue weighted by Crippen LogP contribution is -2.41. The lowest BCUT2D eigenvalue weighted by molar-refractivity contribution is -0.134. The molecule has 0 saturated carbocycles. The Balaban J connectivity index is 2.02. The Morgan fingerprint density at radius 1 is 1.09 bits per heavy atom. The predicted octanol–water partition coefficient (Wildman–Crippen LogP) is 2.60. The Morgan fingerprint density at radius 3 is 2.31 bits per heavy atom. The maximum Gasteiger partial charge on any atom is 0.352 e. The third-order valence-electron chi connectivity index (χ3n) is 5.27. The van der Waals surface area contributed by atoms with Gasteiger partial charge in [0.1, 0.15) is 5.70 Å². The molecule has 192 valence electrons. The zero-order valence-corrected chi connectivity index (χ0v) is 21.6. The van der Waals surface area contributed by atoms with Gasteiger partial charge in [0.05, 0.1) is 4.90 Å². The van der Waals surface area contributed by atoms with Crippen LogP contribution < -0.4 is 10.0 Å². The number of hydrogen-bond acceptors (Lipinski definition) is 6. The molecule has 0 bridgehead atoms. The fraction of sp³-hybridized carbons (Fsp3) is 0.480. The van der Waals surface area contributed by atoms with Crippen molar-refractivity contribution in [3.63, 3.8) is 0 Å². The molecule has 0 aromatic heterocycles. The van der Waals surface area contributed by atoms with E-state index in [1.165, 1.54) is 24.3 Å². The van der Waals surface area contributed by atoms with E-state index in [-0.39, 0.29) is 34.0 Å². The van der Waals surface area contributed by atoms with Gasteiger partial charge in [0.15, 0.2) is 0 Å². The first-order chi connectivity index (χ1) is 16.3. The summed E-state index contributed by atoms with van der Waals surface area (Å²) in [4.78, 5) is 37.4. The molecule has 0 spiro atoms. The molecule has 1 aromatic rings. The maximum absolute atomic E-state index is 12.7. The van der Waals surface area contributed by atoms with E-state index in [9.17, 15) is 27.9 Å². The summed E-state index contributed by atoms with van der Waals surface area (Å²) in [6.45, 7) is 8.67. The average Bonchev–Trinajstić information content (AvgIpc) is 2.76. The quantitative estimate of drug-likeness (QED) is 0.421. The van der Waals surface area contributed by atoms with Crippen molar-refractivity contribution in [1.82, 2.24) is 14.9 Å². The Labute approximate surface area is 207 Å². The molecule has 10 heteroatoms. The summed E-state index contributed by atoms with van der Waals surface area (Å²) >= 11 is 0. The summed E-state index contributed by atoms with van der Waals surface area (Å²) in [5.74, 6) is -1.92. The van der Waals surface area contributed by atoms with Gasteiger partial charge < -0.3 is 15.3 Å². The summed E-state index contributed by atoms with van der Waals surface area (Å²) in [5.41, 5.74) is 0.819. The number of carbonyl (C=O) groups is 3. The van der Waals surface area contributed by atoms with Crippen molar-refractivity contribution in [1.29, 1.82) is 0 Å². The van der Waals surface area contributed by atoms with Gasteiger partial charge in [0.2, 0.25) is 5.91 Å². The summed E-state index contributed by atoms with van der Waals surface area (Å²) in [5, 5.41) is 12.3. The van der Waals surface area contributed by atoms with Gasteiger partial charge in [-0.2, -0.15) is 0 Å². The fourth-order valence-corrected chi connectivity index (χ4v) is 4.54. The number of nitrogens with zero attached hydrogens (tertiary/aromatic N) is 1. The van der Waals surface area contributed by atoms with Crippen LogP contribution in [0.3, 0.4) is 0 Å². The summed E-state index contributed by atoms with van der Waals surface area (Å²) in [7, 11) is -4.12. The molecule has 0 atom stereocenters. The van der Waals surface area contributed by atoms with Crippen LogP contribution in [0.2, 0.25) is 0 Å². The smallest absolute Gasteiger partial charge is 0.352 e. The zero-order chi connectivity index (χ0) is 26.2. The maximum atomic E-state index is 12.7. The number of rotatable bonds is 11. The molecule has 0 aliphatic carbocycles. The van der Waals surface area contributed by atoms with Gasteiger partial charge in [-0.3, -0.25) is 9.59 Å². The Kier molecular flexibility index (Phi) is 9.64. The van der Waals surface area contributed by atoms with Gasteiger partial charge in [-0.1, -0.05) is 46.2 Å². The number of amides is 2. The van der Waals surface area contributed by atoms with Crippen LogP contribution in [0.4, 0.5) is 0 Å². The molecule has 1 aliphatic rings. The highest BCUT2D eigenvalue weighted by Gasteiger charge is 2.29. The first-order valence-corrected chi connectivity index (χ1v) is 13.1. The summed E-state index contributed by atoms with van der Waals surface area (Å²) in [6, 6.07) is 6.11. The van der Waals surface area contributed by atoms with Crippen molar-refractivity contribution in [2.45, 2.75) is 58.3 Å². The van der Waals surface area contributed by atoms with Crippen molar-refractivity contribution in [2.24, 2.45) is 5.41 Å². The standard InChI is InChI=1S/C25H35N3O6S/c1-5-6-7-22(29)26-15-14-18-8-11-20(12-9-18)35(33,34)27-23(30)19-10-13-21(24(31)32)28(16-19)17-25(2,3)4/h8-13H,5-7,14-17H2,1-4H3,(H,26,29)(H,27,30)(H,31,32). The molecule has 2 rings (SSSR count). The third kappa shape index (κ3) is 8.86. The van der Waals surface area contributed by atoms with Crippen molar-refractivity contribution >= 4 is 27.8 Å². The molecule has 1 aliphatic heterocycles. The number of carboxylic acid groups (broad SMARTS) is 1. The van der Waals surface area contributed by atoms with E-state index in [0.29, 0.717) is 25.9 Å². The van der Waals surface area contributed by atoms with Crippen LogP contribution >= 0.6 is 0 Å². The van der Waals surface area contributed by atoms with Crippen LogP contribution in [-0.2, 0) is 30.8 Å². The summed E-state index contributed by atoms with van der Waals surface area (Å²) < 4.78 is 27.6. The zero-order valence-electron chi connectivity index (χ0n) is 20.8. The number of unbranched alkanes of at least 4 members (excludes halogenated alkanes) is 1. The van der Waals surface area contributed by atoms with E-state index in [1.54, 1.807) is 17.0 Å². The minimum absolute atomic E-state index is 0.00263. The Morgan fingerprint density at radius 2 is 1.74 bits per heavy atom. The number of hydrogen-bond donors (Lipinski definition) is 3. The van der Waals surface area contributed by atoms with Gasteiger partial charge in [0.25, 0.3) is 15.9 Å². The number of nitrogens with one attached hydrogen (secondary N) is 2. The molecule has 3 N–H and O–H groups in total. The second-order valence-electron chi connectivity index (χ2n) is 9.75. The van der Waals surface area contributed by atoms with Crippen LogP contribution in [0.15, 0.2) is 52.6 Å². The normalized spacial score (nSPS) is 14.1. The van der Waals surface area contributed by atoms with E-state index in [2.05, 4.69) is 10.0 Å². The van der Waals surface area contributed by atoms with Crippen LogP contribution in [0.5, 0.6) is 0 Å². The molecule has 0 fully saturated rings. The highest BCUT2D eigenvalue weighted by molar-refractivity contribution is 7.90. The molecule has 2 amide bonds. The SMILES string of the molecule is CCCCC(=O)NCCc1ccc(S(=O)(=O)NC(=O)C2=CC=C(C(=O)O)N(CC(C)(C)C)C2)cc1. The Bertz CT molecular complexity index is 1100. The lowest BCUT2D eigenvalue weighted by atomic mass is 9.94. The molecule has 0 unspecified atom stereocenters. The van der Waals surface area contributed by atoms with Gasteiger partial charge in [-0.15, -0.1) is 0 Å². The second-order valence-corrected chi connectivity index (χ2v) is 11.4. The van der Waals surface area contributed by atoms with E-state index in [4.69, 9.17) is 0 Å². The third-order valence-corrected chi connectivity index (χ3v) is 6.62. The van der Waals surface area contributed by atoms with Crippen LogP contribution in [-0.4, -0.2) is 55.8 Å². The fourth-order valence-electron chi connectivity index (χ4n) is 3.55. The lowest BCUT2D eigenvalue weighted by Gasteiger charge is -2.34. The van der Waals surface area contributed by atoms with Gasteiger partial charge in [0, 0.05) is 31.6 Å². The van der Waals surface area contributed by atoms with Gasteiger partial charge in [-0.25, -0.2) is 17.9 Å². The largest absolute Gasteiger partial charge is 0.477 e. The van der Waals surface area contributed by atoms with Crippen molar-refractivity contribution in [3.05, 3.63) is 53.3 Å². The van der Waals surface area contributed by atoms with Crippen LogP contribution in [0.25, 0.3) is 0 Å². The van der Waals surface area contributed by atoms with Crippen LogP contribution in [0.1, 0.15) is 52.5 Å². The monoisotopic (exact) mass is 505 g/mol. The van der Waals surface area contributed by atoms with Crippen molar-refractivity contribution in [2.75, 3.05) is 19.6 Å². The number of aliphatic carboxylic acids is 1. The summed E-state index contributed by atoms with van der Waals surface area (Å²) in [6.07, 6.45) is 5.49. The number of carboxylic acids is 1. The number of benzene rings is 1. The predicted molar refractivity (Wildman–Crippen MR) is 133 cm³/mol. The minimum atomic E-state index is -4.12. The molecule has 0 saturated heterocycles.